The second kappa shape index (κ2) is 4.71. The number of amides is 1. The van der Waals surface area contributed by atoms with Crippen molar-refractivity contribution in [2.45, 2.75) is 6.92 Å². The Balaban J connectivity index is 2.18. The standard InChI is InChI=1S/C10H8BrN3OS/c1-6-7(3-2-4-12-6)9(15)14-10-13-5-8(11)16-10/h2-5H,1H3,(H,13,14,15). The van der Waals surface area contributed by atoms with Gasteiger partial charge in [-0.25, -0.2) is 4.98 Å². The highest BCUT2D eigenvalue weighted by molar-refractivity contribution is 9.11. The van der Waals surface area contributed by atoms with E-state index >= 15 is 0 Å². The number of carbonyl (C=O) groups is 1. The Morgan fingerprint density at radius 2 is 2.31 bits per heavy atom. The zero-order chi connectivity index (χ0) is 11.5. The zero-order valence-electron chi connectivity index (χ0n) is 8.40. The number of hydrogen-bond donors (Lipinski definition) is 1. The maximum absolute atomic E-state index is 11.8. The van der Waals surface area contributed by atoms with Crippen LogP contribution in [-0.2, 0) is 0 Å². The van der Waals surface area contributed by atoms with Crippen molar-refractivity contribution in [3.63, 3.8) is 0 Å². The smallest absolute Gasteiger partial charge is 0.259 e. The molecule has 1 N–H and O–H groups in total. The molecule has 2 aromatic heterocycles. The van der Waals surface area contributed by atoms with E-state index in [1.807, 2.05) is 0 Å². The second-order valence-electron chi connectivity index (χ2n) is 3.06. The number of halogens is 1. The number of rotatable bonds is 2. The number of hydrogen-bond acceptors (Lipinski definition) is 4. The molecule has 0 fully saturated rings. The van der Waals surface area contributed by atoms with Gasteiger partial charge >= 0.3 is 0 Å². The summed E-state index contributed by atoms with van der Waals surface area (Å²) in [4.78, 5) is 19.9. The SMILES string of the molecule is Cc1ncccc1C(=O)Nc1ncc(Br)s1. The zero-order valence-corrected chi connectivity index (χ0v) is 10.8. The Bertz CT molecular complexity index is 526. The van der Waals surface area contributed by atoms with Gasteiger partial charge < -0.3 is 0 Å². The van der Waals surface area contributed by atoms with Crippen LogP contribution in [0.3, 0.4) is 0 Å². The lowest BCUT2D eigenvalue weighted by molar-refractivity contribution is 0.102. The molecule has 0 aromatic carbocycles. The van der Waals surface area contributed by atoms with Crippen molar-refractivity contribution < 1.29 is 4.79 Å². The van der Waals surface area contributed by atoms with Gasteiger partial charge in [-0.3, -0.25) is 15.1 Å². The van der Waals surface area contributed by atoms with Gasteiger partial charge in [0.05, 0.1) is 15.5 Å². The molecule has 0 spiro atoms. The number of anilines is 1. The third kappa shape index (κ3) is 2.45. The van der Waals surface area contributed by atoms with E-state index in [2.05, 4.69) is 31.2 Å². The van der Waals surface area contributed by atoms with Crippen LogP contribution in [0.25, 0.3) is 0 Å². The number of carbonyl (C=O) groups excluding carboxylic acids is 1. The summed E-state index contributed by atoms with van der Waals surface area (Å²) < 4.78 is 0.880. The van der Waals surface area contributed by atoms with Crippen LogP contribution in [0, 0.1) is 6.92 Å². The molecular weight excluding hydrogens is 290 g/mol. The van der Waals surface area contributed by atoms with Gasteiger partial charge in [-0.15, -0.1) is 0 Å². The van der Waals surface area contributed by atoms with Crippen LogP contribution >= 0.6 is 27.3 Å². The summed E-state index contributed by atoms with van der Waals surface area (Å²) in [5.41, 5.74) is 1.27. The summed E-state index contributed by atoms with van der Waals surface area (Å²) in [6, 6.07) is 3.47. The third-order valence-electron chi connectivity index (χ3n) is 1.95. The topological polar surface area (TPSA) is 54.9 Å². The van der Waals surface area contributed by atoms with Gasteiger partial charge in [-0.1, -0.05) is 11.3 Å². The lowest BCUT2D eigenvalue weighted by atomic mass is 10.2. The first-order chi connectivity index (χ1) is 7.66. The van der Waals surface area contributed by atoms with E-state index in [1.54, 1.807) is 31.5 Å². The molecule has 1 amide bonds. The highest BCUT2D eigenvalue weighted by Gasteiger charge is 2.10. The van der Waals surface area contributed by atoms with Crippen molar-refractivity contribution in [2.75, 3.05) is 5.32 Å². The molecule has 2 heterocycles. The molecule has 6 heteroatoms. The third-order valence-corrected chi connectivity index (χ3v) is 3.34. The van der Waals surface area contributed by atoms with E-state index in [0.29, 0.717) is 16.4 Å². The number of nitrogens with one attached hydrogen (secondary N) is 1. The molecule has 16 heavy (non-hydrogen) atoms. The molecule has 0 saturated heterocycles. The fourth-order valence-electron chi connectivity index (χ4n) is 1.20. The highest BCUT2D eigenvalue weighted by Crippen LogP contribution is 2.23. The number of aromatic nitrogens is 2. The molecule has 0 bridgehead atoms. The molecule has 0 atom stereocenters. The summed E-state index contributed by atoms with van der Waals surface area (Å²) in [5, 5.41) is 3.29. The van der Waals surface area contributed by atoms with Crippen LogP contribution in [0.5, 0.6) is 0 Å². The molecule has 82 valence electrons. The lowest BCUT2D eigenvalue weighted by Crippen LogP contribution is -2.13. The fourth-order valence-corrected chi connectivity index (χ4v) is 2.30. The summed E-state index contributed by atoms with van der Waals surface area (Å²) in [6.45, 7) is 1.80. The van der Waals surface area contributed by atoms with Gasteiger partial charge in [0.15, 0.2) is 5.13 Å². The maximum atomic E-state index is 11.8. The van der Waals surface area contributed by atoms with Gasteiger partial charge in [0.25, 0.3) is 5.91 Å². The van der Waals surface area contributed by atoms with Gasteiger partial charge in [0.2, 0.25) is 0 Å². The Morgan fingerprint density at radius 1 is 1.50 bits per heavy atom. The maximum Gasteiger partial charge on any atom is 0.259 e. The van der Waals surface area contributed by atoms with Crippen molar-refractivity contribution in [3.8, 4) is 0 Å². The molecule has 0 saturated carbocycles. The number of thiazole rings is 1. The van der Waals surface area contributed by atoms with Gasteiger partial charge in [0.1, 0.15) is 0 Å². The minimum atomic E-state index is -0.188. The largest absolute Gasteiger partial charge is 0.298 e. The minimum absolute atomic E-state index is 0.188. The summed E-state index contributed by atoms with van der Waals surface area (Å²) in [7, 11) is 0. The predicted octanol–water partition coefficient (Wildman–Crippen LogP) is 2.86. The highest BCUT2D eigenvalue weighted by atomic mass is 79.9. The van der Waals surface area contributed by atoms with Gasteiger partial charge in [0, 0.05) is 11.9 Å². The molecule has 0 aliphatic rings. The minimum Gasteiger partial charge on any atom is -0.298 e. The molecule has 0 unspecified atom stereocenters. The first-order valence-electron chi connectivity index (χ1n) is 4.51. The van der Waals surface area contributed by atoms with E-state index in [0.717, 1.165) is 3.79 Å². The average molecular weight is 298 g/mol. The molecule has 0 radical (unpaired) electrons. The van der Waals surface area contributed by atoms with Crippen molar-refractivity contribution in [2.24, 2.45) is 0 Å². The molecule has 0 aliphatic carbocycles. The average Bonchev–Trinajstić information content (AvgIpc) is 2.64. The number of pyridine rings is 1. The molecule has 2 aromatic rings. The van der Waals surface area contributed by atoms with Crippen LogP contribution in [0.15, 0.2) is 28.3 Å². The molecular formula is C10H8BrN3OS. The van der Waals surface area contributed by atoms with Gasteiger partial charge in [-0.2, -0.15) is 0 Å². The normalized spacial score (nSPS) is 10.1. The van der Waals surface area contributed by atoms with Crippen LogP contribution < -0.4 is 5.32 Å². The monoisotopic (exact) mass is 297 g/mol. The van der Waals surface area contributed by atoms with Gasteiger partial charge in [-0.05, 0) is 35.0 Å². The lowest BCUT2D eigenvalue weighted by Gasteiger charge is -2.03. The van der Waals surface area contributed by atoms with E-state index in [4.69, 9.17) is 0 Å². The quantitative estimate of drug-likeness (QED) is 0.927. The Morgan fingerprint density at radius 3 is 2.94 bits per heavy atom. The Kier molecular flexibility index (Phi) is 3.31. The van der Waals surface area contributed by atoms with Crippen molar-refractivity contribution >= 4 is 38.3 Å². The van der Waals surface area contributed by atoms with E-state index in [-0.39, 0.29) is 5.91 Å². The van der Waals surface area contributed by atoms with Crippen LogP contribution in [-0.4, -0.2) is 15.9 Å². The van der Waals surface area contributed by atoms with E-state index in [9.17, 15) is 4.79 Å². The molecule has 2 rings (SSSR count). The van der Waals surface area contributed by atoms with E-state index in [1.165, 1.54) is 11.3 Å². The molecule has 4 nitrogen and oxygen atoms in total. The first-order valence-corrected chi connectivity index (χ1v) is 6.12. The summed E-state index contributed by atoms with van der Waals surface area (Å²) >= 11 is 4.65. The van der Waals surface area contributed by atoms with Crippen molar-refractivity contribution in [1.82, 2.24) is 9.97 Å². The summed E-state index contributed by atoms with van der Waals surface area (Å²) in [6.07, 6.45) is 3.31. The summed E-state index contributed by atoms with van der Waals surface area (Å²) in [5.74, 6) is -0.188. The van der Waals surface area contributed by atoms with E-state index < -0.39 is 0 Å². The number of nitrogens with zero attached hydrogens (tertiary/aromatic N) is 2. The van der Waals surface area contributed by atoms with Crippen LogP contribution in [0.2, 0.25) is 0 Å². The van der Waals surface area contributed by atoms with Crippen molar-refractivity contribution in [1.29, 1.82) is 0 Å². The van der Waals surface area contributed by atoms with Crippen LogP contribution in [0.1, 0.15) is 16.1 Å². The van der Waals surface area contributed by atoms with Crippen LogP contribution in [0.4, 0.5) is 5.13 Å². The predicted molar refractivity (Wildman–Crippen MR) is 66.7 cm³/mol. The van der Waals surface area contributed by atoms with Crippen molar-refractivity contribution in [3.05, 3.63) is 39.6 Å². The molecule has 0 aliphatic heterocycles. The fraction of sp³-hybridized carbons (Fsp3) is 0.100. The first kappa shape index (κ1) is 11.2. The second-order valence-corrected chi connectivity index (χ2v) is 5.47. The number of aryl methyl sites for hydroxylation is 1. The Labute approximate surface area is 105 Å². The Hall–Kier alpha value is -1.27.